The lowest BCUT2D eigenvalue weighted by molar-refractivity contribution is -0.143. The van der Waals surface area contributed by atoms with Crippen LogP contribution in [0.3, 0.4) is 0 Å². The van der Waals surface area contributed by atoms with Crippen molar-refractivity contribution in [2.75, 3.05) is 13.2 Å². The first-order valence-electron chi connectivity index (χ1n) is 41.9. The molecule has 0 rings (SSSR count). The molecule has 0 spiro atoms. The van der Waals surface area contributed by atoms with E-state index in [9.17, 15) is 19.8 Å². The third kappa shape index (κ3) is 75.6. The molecule has 6 heteroatoms. The largest absolute Gasteiger partial charge is 0.466 e. The number of esters is 1. The van der Waals surface area contributed by atoms with Gasteiger partial charge in [-0.3, -0.25) is 9.59 Å². The van der Waals surface area contributed by atoms with Crippen LogP contribution < -0.4 is 5.32 Å². The smallest absolute Gasteiger partial charge is 0.305 e. The van der Waals surface area contributed by atoms with Gasteiger partial charge in [-0.25, -0.2) is 0 Å². The SMILES string of the molecule is CCCCCCCCCCCCCCCCCCCCCC(=O)OCCCCCCCCCCCCCCCCCC/C=C\CCCCCCCCCCCCCCCCCCCC(=O)NC(CO)C(O)CCCCCCCCCCCCCCCCCCC. The Morgan fingerprint density at radius 3 is 0.789 bits per heavy atom. The Morgan fingerprint density at radius 2 is 0.522 bits per heavy atom. The van der Waals surface area contributed by atoms with Crippen LogP contribution in [0.15, 0.2) is 12.2 Å². The summed E-state index contributed by atoms with van der Waals surface area (Å²) in [6, 6.07) is -0.538. The number of hydrogen-bond acceptors (Lipinski definition) is 5. The van der Waals surface area contributed by atoms with Gasteiger partial charge < -0.3 is 20.3 Å². The lowest BCUT2D eigenvalue weighted by Crippen LogP contribution is -2.45. The zero-order chi connectivity index (χ0) is 64.9. The standard InChI is InChI=1S/C84H165NO5/c1-3-5-7-9-11-13-15-17-19-21-41-46-50-54-58-62-66-70-74-78-84(89)90-79-75-71-67-63-59-55-51-47-43-40-38-36-34-32-30-28-26-24-22-23-25-27-29-31-33-35-37-39-42-45-49-53-57-61-65-69-73-77-83(88)85-81(80-86)82(87)76-72-68-64-60-56-52-48-44-20-18-16-14-12-10-8-6-4-2/h22,24,81-82,86-87H,3-21,23,25-80H2,1-2H3,(H,85,88)/b24-22-. The number of ether oxygens (including phenoxy) is 1. The summed E-state index contributed by atoms with van der Waals surface area (Å²) in [4.78, 5) is 24.7. The maximum Gasteiger partial charge on any atom is 0.305 e. The van der Waals surface area contributed by atoms with Gasteiger partial charge in [0.2, 0.25) is 5.91 Å². The summed E-state index contributed by atoms with van der Waals surface area (Å²) < 4.78 is 5.53. The van der Waals surface area contributed by atoms with E-state index in [2.05, 4.69) is 31.3 Å². The van der Waals surface area contributed by atoms with E-state index in [1.165, 1.54) is 417 Å². The van der Waals surface area contributed by atoms with Gasteiger partial charge in [0.15, 0.2) is 0 Å². The van der Waals surface area contributed by atoms with Crippen LogP contribution in [-0.4, -0.2) is 47.4 Å². The molecule has 0 aliphatic heterocycles. The van der Waals surface area contributed by atoms with Crippen LogP contribution in [0.2, 0.25) is 0 Å². The first kappa shape index (κ1) is 88.6. The Bertz CT molecular complexity index is 1370. The van der Waals surface area contributed by atoms with Crippen LogP contribution in [0.1, 0.15) is 489 Å². The highest BCUT2D eigenvalue weighted by Gasteiger charge is 2.20. The Hall–Kier alpha value is -1.40. The molecule has 2 atom stereocenters. The predicted octanol–water partition coefficient (Wildman–Crippen LogP) is 27.8. The number of carbonyl (C=O) groups is 2. The molecular formula is C84H165NO5. The van der Waals surface area contributed by atoms with Gasteiger partial charge in [0.1, 0.15) is 0 Å². The molecule has 0 aliphatic carbocycles. The van der Waals surface area contributed by atoms with Crippen LogP contribution in [0.25, 0.3) is 0 Å². The van der Waals surface area contributed by atoms with Crippen molar-refractivity contribution in [3.8, 4) is 0 Å². The van der Waals surface area contributed by atoms with E-state index in [1.807, 2.05) is 0 Å². The van der Waals surface area contributed by atoms with Gasteiger partial charge in [0, 0.05) is 12.8 Å². The highest BCUT2D eigenvalue weighted by atomic mass is 16.5. The normalized spacial score (nSPS) is 12.4. The van der Waals surface area contributed by atoms with E-state index < -0.39 is 12.1 Å². The molecule has 90 heavy (non-hydrogen) atoms. The second-order valence-electron chi connectivity index (χ2n) is 29.2. The van der Waals surface area contributed by atoms with E-state index in [-0.39, 0.29) is 18.5 Å². The maximum absolute atomic E-state index is 12.5. The molecular weight excluding hydrogens is 1100 g/mol. The minimum Gasteiger partial charge on any atom is -0.466 e. The van der Waals surface area contributed by atoms with E-state index in [0.717, 1.165) is 38.5 Å². The number of unbranched alkanes of at least 4 members (excludes halogenated alkanes) is 67. The Labute approximate surface area is 565 Å². The molecule has 0 fully saturated rings. The number of nitrogens with one attached hydrogen (secondary N) is 1. The highest BCUT2D eigenvalue weighted by Crippen LogP contribution is 2.21. The summed E-state index contributed by atoms with van der Waals surface area (Å²) in [6.45, 7) is 5.02. The molecule has 0 aromatic carbocycles. The molecule has 0 aromatic heterocycles. The third-order valence-electron chi connectivity index (χ3n) is 20.1. The van der Waals surface area contributed by atoms with Crippen molar-refractivity contribution in [3.63, 3.8) is 0 Å². The highest BCUT2D eigenvalue weighted by molar-refractivity contribution is 5.76. The summed E-state index contributed by atoms with van der Waals surface area (Å²) in [6.07, 6.45) is 102. The summed E-state index contributed by atoms with van der Waals surface area (Å²) in [7, 11) is 0. The molecule has 2 unspecified atom stereocenters. The van der Waals surface area contributed by atoms with Crippen molar-refractivity contribution < 1.29 is 24.5 Å². The number of allylic oxidation sites excluding steroid dienone is 2. The van der Waals surface area contributed by atoms with Gasteiger partial charge in [-0.2, -0.15) is 0 Å². The first-order valence-corrected chi connectivity index (χ1v) is 41.9. The number of carbonyl (C=O) groups excluding carboxylic acids is 2. The van der Waals surface area contributed by atoms with Crippen molar-refractivity contribution in [3.05, 3.63) is 12.2 Å². The van der Waals surface area contributed by atoms with Gasteiger partial charge in [0.25, 0.3) is 0 Å². The van der Waals surface area contributed by atoms with Gasteiger partial charge in [0.05, 0.1) is 25.4 Å². The number of aliphatic hydroxyl groups is 2. The molecule has 3 N–H and O–H groups in total. The van der Waals surface area contributed by atoms with Crippen LogP contribution in [0.5, 0.6) is 0 Å². The lowest BCUT2D eigenvalue weighted by atomic mass is 10.0. The van der Waals surface area contributed by atoms with Gasteiger partial charge in [-0.1, -0.05) is 437 Å². The van der Waals surface area contributed by atoms with Gasteiger partial charge in [-0.15, -0.1) is 0 Å². The minimum atomic E-state index is -0.661. The van der Waals surface area contributed by atoms with Crippen molar-refractivity contribution in [2.24, 2.45) is 0 Å². The van der Waals surface area contributed by atoms with E-state index in [4.69, 9.17) is 4.74 Å². The molecule has 0 bridgehead atoms. The Balaban J connectivity index is 3.31. The molecule has 1 amide bonds. The van der Waals surface area contributed by atoms with Crippen molar-refractivity contribution in [2.45, 2.75) is 501 Å². The molecule has 0 heterocycles. The molecule has 0 saturated carbocycles. The van der Waals surface area contributed by atoms with Crippen LogP contribution in [0, 0.1) is 0 Å². The maximum atomic E-state index is 12.5. The fourth-order valence-electron chi connectivity index (χ4n) is 13.7. The number of aliphatic hydroxyl groups excluding tert-OH is 2. The van der Waals surface area contributed by atoms with Crippen LogP contribution in [-0.2, 0) is 14.3 Å². The van der Waals surface area contributed by atoms with Gasteiger partial charge >= 0.3 is 5.97 Å². The zero-order valence-corrected chi connectivity index (χ0v) is 61.7. The molecule has 0 aromatic rings. The number of hydrogen-bond donors (Lipinski definition) is 3. The van der Waals surface area contributed by atoms with E-state index >= 15 is 0 Å². The topological polar surface area (TPSA) is 95.9 Å². The lowest BCUT2D eigenvalue weighted by Gasteiger charge is -2.22. The first-order chi connectivity index (χ1) is 44.5. The van der Waals surface area contributed by atoms with Crippen LogP contribution >= 0.6 is 0 Å². The van der Waals surface area contributed by atoms with Crippen molar-refractivity contribution in [1.29, 1.82) is 0 Å². The molecule has 0 aliphatic rings. The van der Waals surface area contributed by atoms with Crippen molar-refractivity contribution >= 4 is 11.9 Å². The van der Waals surface area contributed by atoms with Crippen LogP contribution in [0.4, 0.5) is 0 Å². The average molecular weight is 1270 g/mol. The fraction of sp³-hybridized carbons (Fsp3) is 0.952. The molecule has 6 nitrogen and oxygen atoms in total. The second-order valence-corrected chi connectivity index (χ2v) is 29.2. The summed E-state index contributed by atoms with van der Waals surface area (Å²) >= 11 is 0. The van der Waals surface area contributed by atoms with E-state index in [1.54, 1.807) is 0 Å². The summed E-state index contributed by atoms with van der Waals surface area (Å²) in [5.41, 5.74) is 0. The predicted molar refractivity (Wildman–Crippen MR) is 398 cm³/mol. The van der Waals surface area contributed by atoms with E-state index in [0.29, 0.717) is 25.9 Å². The Kier molecular flexibility index (Phi) is 78.8. The quantitative estimate of drug-likeness (QED) is 0.0320. The van der Waals surface area contributed by atoms with Crippen molar-refractivity contribution in [1.82, 2.24) is 5.32 Å². The average Bonchev–Trinajstić information content (AvgIpc) is 3.60. The fourth-order valence-corrected chi connectivity index (χ4v) is 13.7. The second kappa shape index (κ2) is 80.0. The zero-order valence-electron chi connectivity index (χ0n) is 61.7. The van der Waals surface area contributed by atoms with Gasteiger partial charge in [-0.05, 0) is 51.4 Å². The molecule has 0 saturated heterocycles. The Morgan fingerprint density at radius 1 is 0.300 bits per heavy atom. The molecule has 536 valence electrons. The third-order valence-corrected chi connectivity index (χ3v) is 20.1. The summed E-state index contributed by atoms with van der Waals surface area (Å²) in [5.74, 6) is 0.00151. The minimum absolute atomic E-state index is 0.0261. The number of rotatable bonds is 80. The monoisotopic (exact) mass is 1270 g/mol. The summed E-state index contributed by atoms with van der Waals surface area (Å²) in [5, 5.41) is 23.4. The molecule has 0 radical (unpaired) electrons. The number of amides is 1.